The lowest BCUT2D eigenvalue weighted by Crippen LogP contribution is -1.95. The van der Waals surface area contributed by atoms with Crippen molar-refractivity contribution in [3.63, 3.8) is 0 Å². The van der Waals surface area contributed by atoms with Gasteiger partial charge in [-0.15, -0.1) is 0 Å². The van der Waals surface area contributed by atoms with E-state index in [0.717, 1.165) is 6.29 Å². The molecule has 0 aromatic heterocycles. The molecule has 3 nitrogen and oxygen atoms in total. The van der Waals surface area contributed by atoms with E-state index in [1.165, 1.54) is 0 Å². The summed E-state index contributed by atoms with van der Waals surface area (Å²) in [5.74, 6) is -0.356. The van der Waals surface area contributed by atoms with Crippen LogP contribution >= 0.6 is 15.9 Å². The van der Waals surface area contributed by atoms with E-state index in [4.69, 9.17) is 4.74 Å². The molecule has 13 heavy (non-hydrogen) atoms. The molecule has 0 fully saturated rings. The molecular weight excluding hydrogens is 236 g/mol. The number of carbonyl (C=O) groups is 2. The molecule has 0 N–H and O–H groups in total. The van der Waals surface area contributed by atoms with E-state index in [1.807, 2.05) is 0 Å². The Bertz CT molecular complexity index is 398. The quantitative estimate of drug-likeness (QED) is 0.557. The van der Waals surface area contributed by atoms with Gasteiger partial charge in [0.2, 0.25) is 0 Å². The molecule has 0 spiro atoms. The molecule has 4 heteroatoms. The number of rotatable bonds is 1. The van der Waals surface area contributed by atoms with Crippen molar-refractivity contribution in [1.29, 1.82) is 0 Å². The number of fused-ring (bicyclic) bond motifs is 1. The Morgan fingerprint density at radius 2 is 2.23 bits per heavy atom. The average Bonchev–Trinajstić information content (AvgIpc) is 2.48. The molecule has 1 aromatic rings. The molecule has 1 aliphatic rings. The van der Waals surface area contributed by atoms with Crippen LogP contribution in [0.5, 0.6) is 0 Å². The van der Waals surface area contributed by atoms with Gasteiger partial charge < -0.3 is 4.74 Å². The van der Waals surface area contributed by atoms with Crippen LogP contribution in [-0.4, -0.2) is 12.3 Å². The van der Waals surface area contributed by atoms with Crippen LogP contribution in [0, 0.1) is 0 Å². The lowest BCUT2D eigenvalue weighted by atomic mass is 10.0. The number of carbonyl (C=O) groups excluding carboxylic acids is 2. The second-order valence-electron chi connectivity index (χ2n) is 2.68. The number of hydrogen-bond acceptors (Lipinski definition) is 3. The first-order valence-corrected chi connectivity index (χ1v) is 4.47. The Morgan fingerprint density at radius 1 is 1.46 bits per heavy atom. The highest BCUT2D eigenvalue weighted by Crippen LogP contribution is 2.27. The summed E-state index contributed by atoms with van der Waals surface area (Å²) in [5.41, 5.74) is 1.67. The Morgan fingerprint density at radius 3 is 2.92 bits per heavy atom. The van der Waals surface area contributed by atoms with E-state index in [0.29, 0.717) is 21.2 Å². The number of ether oxygens (including phenoxy) is 1. The molecule has 0 amide bonds. The van der Waals surface area contributed by atoms with E-state index in [2.05, 4.69) is 15.9 Å². The predicted octanol–water partition coefficient (Wildman–Crippen LogP) is 1.93. The number of aldehydes is 1. The van der Waals surface area contributed by atoms with Crippen molar-refractivity contribution in [2.45, 2.75) is 6.61 Å². The molecule has 1 aromatic carbocycles. The molecule has 66 valence electrons. The lowest BCUT2D eigenvalue weighted by molar-refractivity contribution is 0.0534. The zero-order valence-electron chi connectivity index (χ0n) is 6.54. The van der Waals surface area contributed by atoms with Crippen molar-refractivity contribution >= 4 is 28.2 Å². The summed E-state index contributed by atoms with van der Waals surface area (Å²) < 4.78 is 5.50. The van der Waals surface area contributed by atoms with Gasteiger partial charge in [-0.2, -0.15) is 0 Å². The van der Waals surface area contributed by atoms with Gasteiger partial charge >= 0.3 is 5.97 Å². The van der Waals surface area contributed by atoms with Crippen LogP contribution in [0.15, 0.2) is 16.6 Å². The van der Waals surface area contributed by atoms with Crippen LogP contribution in [0.3, 0.4) is 0 Å². The fourth-order valence-electron chi connectivity index (χ4n) is 1.33. The number of hydrogen-bond donors (Lipinski definition) is 0. The third-order valence-electron chi connectivity index (χ3n) is 1.99. The van der Waals surface area contributed by atoms with Crippen LogP contribution in [0.1, 0.15) is 26.3 Å². The standard InChI is InChI=1S/C9H5BrO3/c10-8-2-1-5-7(6(8)3-11)4-13-9(5)12/h1-3H,4H2. The Hall–Kier alpha value is -1.16. The summed E-state index contributed by atoms with van der Waals surface area (Å²) >= 11 is 3.23. The first-order valence-electron chi connectivity index (χ1n) is 3.67. The number of halogens is 1. The number of cyclic esters (lactones) is 1. The molecule has 1 aliphatic heterocycles. The molecule has 0 aliphatic carbocycles. The second-order valence-corrected chi connectivity index (χ2v) is 3.54. The number of esters is 1. The topological polar surface area (TPSA) is 43.4 Å². The maximum Gasteiger partial charge on any atom is 0.338 e. The first-order chi connectivity index (χ1) is 6.24. The van der Waals surface area contributed by atoms with Crippen molar-refractivity contribution in [1.82, 2.24) is 0 Å². The lowest BCUT2D eigenvalue weighted by Gasteiger charge is -2.00. The highest BCUT2D eigenvalue weighted by Gasteiger charge is 2.24. The molecule has 1 heterocycles. The molecule has 0 saturated heterocycles. The fourth-order valence-corrected chi connectivity index (χ4v) is 1.79. The highest BCUT2D eigenvalue weighted by molar-refractivity contribution is 9.10. The highest BCUT2D eigenvalue weighted by atomic mass is 79.9. The maximum atomic E-state index is 11.1. The fraction of sp³-hybridized carbons (Fsp3) is 0.111. The van der Waals surface area contributed by atoms with Crippen LogP contribution in [0.2, 0.25) is 0 Å². The van der Waals surface area contributed by atoms with Crippen molar-refractivity contribution in [3.05, 3.63) is 33.3 Å². The normalized spacial score (nSPS) is 13.8. The van der Waals surface area contributed by atoms with Gasteiger partial charge in [-0.1, -0.05) is 15.9 Å². The van der Waals surface area contributed by atoms with Gasteiger partial charge in [-0.05, 0) is 12.1 Å². The Labute approximate surface area is 82.8 Å². The summed E-state index contributed by atoms with van der Waals surface area (Å²) in [6.07, 6.45) is 0.727. The van der Waals surface area contributed by atoms with Crippen LogP contribution in [0.25, 0.3) is 0 Å². The Balaban J connectivity index is 2.70. The third-order valence-corrected chi connectivity index (χ3v) is 2.68. The third kappa shape index (κ3) is 1.18. The van der Waals surface area contributed by atoms with Crippen LogP contribution < -0.4 is 0 Å². The van der Waals surface area contributed by atoms with E-state index in [-0.39, 0.29) is 12.6 Å². The molecule has 2 rings (SSSR count). The van der Waals surface area contributed by atoms with Gasteiger partial charge in [-0.3, -0.25) is 4.79 Å². The van der Waals surface area contributed by atoms with E-state index < -0.39 is 0 Å². The minimum absolute atomic E-state index is 0.196. The largest absolute Gasteiger partial charge is 0.457 e. The molecule has 0 atom stereocenters. The summed E-state index contributed by atoms with van der Waals surface area (Å²) in [6.45, 7) is 0.196. The molecule has 0 saturated carbocycles. The number of benzene rings is 1. The molecule has 0 radical (unpaired) electrons. The van der Waals surface area contributed by atoms with Crippen molar-refractivity contribution in [2.24, 2.45) is 0 Å². The van der Waals surface area contributed by atoms with Crippen LogP contribution in [0.4, 0.5) is 0 Å². The van der Waals surface area contributed by atoms with Gasteiger partial charge in [0.1, 0.15) is 6.61 Å². The van der Waals surface area contributed by atoms with E-state index in [1.54, 1.807) is 12.1 Å². The zero-order valence-corrected chi connectivity index (χ0v) is 8.13. The van der Waals surface area contributed by atoms with E-state index >= 15 is 0 Å². The average molecular weight is 241 g/mol. The van der Waals surface area contributed by atoms with Gasteiger partial charge in [0.05, 0.1) is 5.56 Å². The van der Waals surface area contributed by atoms with Gasteiger partial charge in [0, 0.05) is 15.6 Å². The van der Waals surface area contributed by atoms with Crippen molar-refractivity contribution < 1.29 is 14.3 Å². The Kier molecular flexibility index (Phi) is 1.92. The smallest absolute Gasteiger partial charge is 0.338 e. The monoisotopic (exact) mass is 240 g/mol. The zero-order chi connectivity index (χ0) is 9.42. The summed E-state index contributed by atoms with van der Waals surface area (Å²) in [5, 5.41) is 0. The van der Waals surface area contributed by atoms with Gasteiger partial charge in [0.15, 0.2) is 6.29 Å². The predicted molar refractivity (Wildman–Crippen MR) is 48.6 cm³/mol. The maximum absolute atomic E-state index is 11.1. The van der Waals surface area contributed by atoms with Crippen molar-refractivity contribution in [2.75, 3.05) is 0 Å². The first kappa shape index (κ1) is 8.44. The SMILES string of the molecule is O=Cc1c(Br)ccc2c1COC2=O. The second kappa shape index (κ2) is 2.96. The van der Waals surface area contributed by atoms with Crippen LogP contribution in [-0.2, 0) is 11.3 Å². The molecular formula is C9H5BrO3. The summed E-state index contributed by atoms with van der Waals surface area (Å²) in [7, 11) is 0. The van der Waals surface area contributed by atoms with Gasteiger partial charge in [-0.25, -0.2) is 4.79 Å². The molecule has 0 bridgehead atoms. The van der Waals surface area contributed by atoms with Crippen molar-refractivity contribution in [3.8, 4) is 0 Å². The minimum Gasteiger partial charge on any atom is -0.457 e. The summed E-state index contributed by atoms with van der Waals surface area (Å²) in [4.78, 5) is 21.8. The van der Waals surface area contributed by atoms with E-state index in [9.17, 15) is 9.59 Å². The molecule has 0 unspecified atom stereocenters. The minimum atomic E-state index is -0.356. The van der Waals surface area contributed by atoms with Gasteiger partial charge in [0.25, 0.3) is 0 Å². The summed E-state index contributed by atoms with van der Waals surface area (Å²) in [6, 6.07) is 3.33.